The predicted molar refractivity (Wildman–Crippen MR) is 95.3 cm³/mol. The van der Waals surface area contributed by atoms with Gasteiger partial charge in [-0.1, -0.05) is 24.3 Å². The molecule has 4 heteroatoms. The Morgan fingerprint density at radius 3 is 2.57 bits per heavy atom. The van der Waals surface area contributed by atoms with Crippen LogP contribution in [0, 0.1) is 11.3 Å². The topological polar surface area (TPSA) is 45.9 Å². The van der Waals surface area contributed by atoms with Crippen molar-refractivity contribution in [1.82, 2.24) is 4.98 Å². The summed E-state index contributed by atoms with van der Waals surface area (Å²) in [6.45, 7) is 3.99. The SMILES string of the molecule is CC(C)Oc1ccc(/C=C(/C#N)c2nc3ccccc3s2)cc1. The molecule has 0 aliphatic heterocycles. The highest BCUT2D eigenvalue weighted by Crippen LogP contribution is 2.28. The molecule has 3 nitrogen and oxygen atoms in total. The quantitative estimate of drug-likeness (QED) is 0.625. The number of benzene rings is 2. The molecule has 0 amide bonds. The summed E-state index contributed by atoms with van der Waals surface area (Å²) in [4.78, 5) is 4.54. The molecule has 0 unspecified atom stereocenters. The van der Waals surface area contributed by atoms with Crippen LogP contribution in [0.5, 0.6) is 5.75 Å². The molecular formula is C19H16N2OS. The van der Waals surface area contributed by atoms with E-state index in [9.17, 15) is 5.26 Å². The first-order valence-corrected chi connectivity index (χ1v) is 8.22. The van der Waals surface area contributed by atoms with Crippen molar-refractivity contribution < 1.29 is 4.74 Å². The van der Waals surface area contributed by atoms with Crippen molar-refractivity contribution in [2.45, 2.75) is 20.0 Å². The molecule has 23 heavy (non-hydrogen) atoms. The fourth-order valence-corrected chi connectivity index (χ4v) is 3.14. The van der Waals surface area contributed by atoms with Crippen LogP contribution >= 0.6 is 11.3 Å². The lowest BCUT2D eigenvalue weighted by Crippen LogP contribution is -2.05. The van der Waals surface area contributed by atoms with Gasteiger partial charge in [0.1, 0.15) is 16.8 Å². The summed E-state index contributed by atoms with van der Waals surface area (Å²) in [6.07, 6.45) is 2.01. The normalized spacial score (nSPS) is 11.7. The number of thiazole rings is 1. The van der Waals surface area contributed by atoms with E-state index in [1.807, 2.05) is 68.5 Å². The van der Waals surface area contributed by atoms with Gasteiger partial charge in [0.15, 0.2) is 0 Å². The smallest absolute Gasteiger partial charge is 0.135 e. The van der Waals surface area contributed by atoms with Gasteiger partial charge in [0, 0.05) is 0 Å². The number of fused-ring (bicyclic) bond motifs is 1. The number of hydrogen-bond acceptors (Lipinski definition) is 4. The minimum atomic E-state index is 0.147. The minimum Gasteiger partial charge on any atom is -0.491 e. The van der Waals surface area contributed by atoms with Crippen LogP contribution in [-0.4, -0.2) is 11.1 Å². The third kappa shape index (κ3) is 3.58. The minimum absolute atomic E-state index is 0.147. The van der Waals surface area contributed by atoms with Crippen LogP contribution < -0.4 is 4.74 Å². The van der Waals surface area contributed by atoms with Crippen molar-refractivity contribution >= 4 is 33.2 Å². The van der Waals surface area contributed by atoms with E-state index in [1.54, 1.807) is 0 Å². The van der Waals surface area contributed by atoms with E-state index >= 15 is 0 Å². The lowest BCUT2D eigenvalue weighted by molar-refractivity contribution is 0.242. The molecule has 0 aliphatic rings. The molecular weight excluding hydrogens is 304 g/mol. The van der Waals surface area contributed by atoms with Crippen LogP contribution in [0.1, 0.15) is 24.4 Å². The Labute approximate surface area is 139 Å². The maximum atomic E-state index is 9.46. The summed E-state index contributed by atoms with van der Waals surface area (Å²) in [6, 6.07) is 17.9. The number of allylic oxidation sites excluding steroid dienone is 1. The molecule has 3 rings (SSSR count). The number of rotatable bonds is 4. The lowest BCUT2D eigenvalue weighted by Gasteiger charge is -2.09. The van der Waals surface area contributed by atoms with Crippen LogP contribution in [0.3, 0.4) is 0 Å². The highest BCUT2D eigenvalue weighted by molar-refractivity contribution is 7.19. The van der Waals surface area contributed by atoms with Crippen LogP contribution in [0.25, 0.3) is 21.9 Å². The van der Waals surface area contributed by atoms with Crippen molar-refractivity contribution in [3.63, 3.8) is 0 Å². The second-order valence-corrected chi connectivity index (χ2v) is 6.42. The molecule has 0 aliphatic carbocycles. The number of aromatic nitrogens is 1. The first-order valence-electron chi connectivity index (χ1n) is 7.40. The van der Waals surface area contributed by atoms with Crippen molar-refractivity contribution in [1.29, 1.82) is 5.26 Å². The second kappa shape index (κ2) is 6.64. The molecule has 0 fully saturated rings. The van der Waals surface area contributed by atoms with Gasteiger partial charge < -0.3 is 4.74 Å². The largest absolute Gasteiger partial charge is 0.491 e. The third-order valence-corrected chi connectivity index (χ3v) is 4.28. The van der Waals surface area contributed by atoms with Gasteiger partial charge in [0.05, 0.1) is 21.9 Å². The Morgan fingerprint density at radius 1 is 1.17 bits per heavy atom. The molecule has 0 N–H and O–H groups in total. The van der Waals surface area contributed by atoms with E-state index in [0.29, 0.717) is 5.57 Å². The molecule has 0 bridgehead atoms. The Balaban J connectivity index is 1.90. The summed E-state index contributed by atoms with van der Waals surface area (Å²) >= 11 is 1.53. The van der Waals surface area contributed by atoms with Gasteiger partial charge in [-0.05, 0) is 49.8 Å². The van der Waals surface area contributed by atoms with Crippen molar-refractivity contribution in [3.05, 3.63) is 59.1 Å². The highest BCUT2D eigenvalue weighted by Gasteiger charge is 2.08. The Bertz CT molecular complexity index is 853. The molecule has 0 saturated carbocycles. The first-order chi connectivity index (χ1) is 11.2. The maximum Gasteiger partial charge on any atom is 0.135 e. The summed E-state index contributed by atoms with van der Waals surface area (Å²) < 4.78 is 6.72. The van der Waals surface area contributed by atoms with Crippen LogP contribution in [0.15, 0.2) is 48.5 Å². The zero-order valence-corrected chi connectivity index (χ0v) is 13.8. The van der Waals surface area contributed by atoms with E-state index in [2.05, 4.69) is 11.1 Å². The van der Waals surface area contributed by atoms with Gasteiger partial charge in [-0.25, -0.2) is 4.98 Å². The zero-order valence-electron chi connectivity index (χ0n) is 13.0. The molecule has 0 saturated heterocycles. The van der Waals surface area contributed by atoms with Gasteiger partial charge >= 0.3 is 0 Å². The fraction of sp³-hybridized carbons (Fsp3) is 0.158. The number of nitriles is 1. The number of para-hydroxylation sites is 1. The van der Waals surface area contributed by atoms with Crippen molar-refractivity contribution in [3.8, 4) is 11.8 Å². The van der Waals surface area contributed by atoms with Gasteiger partial charge in [-0.15, -0.1) is 11.3 Å². The fourth-order valence-electron chi connectivity index (χ4n) is 2.21. The van der Waals surface area contributed by atoms with Gasteiger partial charge in [-0.2, -0.15) is 5.26 Å². The van der Waals surface area contributed by atoms with E-state index < -0.39 is 0 Å². The Kier molecular flexibility index (Phi) is 4.40. The number of ether oxygens (including phenoxy) is 1. The van der Waals surface area contributed by atoms with Crippen molar-refractivity contribution in [2.75, 3.05) is 0 Å². The zero-order chi connectivity index (χ0) is 16.2. The number of nitrogens with zero attached hydrogens (tertiary/aromatic N) is 2. The van der Waals surface area contributed by atoms with Crippen LogP contribution in [0.4, 0.5) is 0 Å². The average Bonchev–Trinajstić information content (AvgIpc) is 2.97. The van der Waals surface area contributed by atoms with E-state index in [0.717, 1.165) is 26.5 Å². The summed E-state index contributed by atoms with van der Waals surface area (Å²) in [5, 5.41) is 10.2. The summed E-state index contributed by atoms with van der Waals surface area (Å²) in [5.74, 6) is 0.829. The summed E-state index contributed by atoms with van der Waals surface area (Å²) in [7, 11) is 0. The first kappa shape index (κ1) is 15.3. The molecule has 3 aromatic rings. The van der Waals surface area contributed by atoms with E-state index in [4.69, 9.17) is 4.74 Å². The van der Waals surface area contributed by atoms with E-state index in [1.165, 1.54) is 11.3 Å². The lowest BCUT2D eigenvalue weighted by atomic mass is 10.1. The molecule has 2 aromatic carbocycles. The Morgan fingerprint density at radius 2 is 1.91 bits per heavy atom. The van der Waals surface area contributed by atoms with Crippen molar-refractivity contribution in [2.24, 2.45) is 0 Å². The third-order valence-electron chi connectivity index (χ3n) is 3.21. The monoisotopic (exact) mass is 320 g/mol. The standard InChI is InChI=1S/C19H16N2OS/c1-13(2)22-16-9-7-14(8-10-16)11-15(12-20)19-21-17-5-3-4-6-18(17)23-19/h3-11,13H,1-2H3/b15-11-. The average molecular weight is 320 g/mol. The summed E-state index contributed by atoms with van der Waals surface area (Å²) in [5.41, 5.74) is 2.45. The molecule has 1 aromatic heterocycles. The number of hydrogen-bond donors (Lipinski definition) is 0. The highest BCUT2D eigenvalue weighted by atomic mass is 32.1. The van der Waals surface area contributed by atoms with Crippen LogP contribution in [-0.2, 0) is 0 Å². The Hall–Kier alpha value is -2.64. The van der Waals surface area contributed by atoms with Gasteiger partial charge in [-0.3, -0.25) is 0 Å². The van der Waals surface area contributed by atoms with Gasteiger partial charge in [0.2, 0.25) is 0 Å². The molecule has 1 heterocycles. The van der Waals surface area contributed by atoms with Gasteiger partial charge in [0.25, 0.3) is 0 Å². The van der Waals surface area contributed by atoms with E-state index in [-0.39, 0.29) is 6.10 Å². The molecule has 0 spiro atoms. The molecule has 0 atom stereocenters. The second-order valence-electron chi connectivity index (χ2n) is 5.39. The maximum absolute atomic E-state index is 9.46. The van der Waals surface area contributed by atoms with Crippen LogP contribution in [0.2, 0.25) is 0 Å². The molecule has 114 valence electrons. The molecule has 0 radical (unpaired) electrons. The predicted octanol–water partition coefficient (Wildman–Crippen LogP) is 5.15.